The van der Waals surface area contributed by atoms with Crippen LogP contribution in [0.2, 0.25) is 0 Å². The number of ether oxygens (including phenoxy) is 4. The summed E-state index contributed by atoms with van der Waals surface area (Å²) < 4.78 is 21.8. The third kappa shape index (κ3) is 20.0. The van der Waals surface area contributed by atoms with Crippen LogP contribution >= 0.6 is 0 Å². The summed E-state index contributed by atoms with van der Waals surface area (Å²) in [6, 6.07) is 0. The molecule has 0 radical (unpaired) electrons. The quantitative estimate of drug-likeness (QED) is 0.0656. The van der Waals surface area contributed by atoms with Gasteiger partial charge >= 0.3 is 23.9 Å². The largest absolute Gasteiger partial charge is 0.465 e. The summed E-state index contributed by atoms with van der Waals surface area (Å²) in [5.41, 5.74) is 0. The standard InChI is InChI=1S/C34H64N2O8/c1-9-13-19-41-31(37)27(5)23-35(24-28(6)32(38)42-20-14-10-2)17-18-36(25-29(7)33(39)43-21-15-11-3)26-30(8)34(40)44-22-16-12-4/h27-30H,9-26H2,1-8H3. The predicted molar refractivity (Wildman–Crippen MR) is 173 cm³/mol. The summed E-state index contributed by atoms with van der Waals surface area (Å²) in [5, 5.41) is 0. The molecule has 10 nitrogen and oxygen atoms in total. The SMILES string of the molecule is CCCCOC(=O)C(C)CN(CCN(CC(C)C(=O)OCCCC)CC(C)C(=O)OCCCC)CC(C)C(=O)OCCCC. The van der Waals surface area contributed by atoms with Gasteiger partial charge in [0.1, 0.15) is 0 Å². The zero-order chi connectivity index (χ0) is 33.3. The highest BCUT2D eigenvalue weighted by atomic mass is 16.5. The average Bonchev–Trinajstić information content (AvgIpc) is 2.99. The van der Waals surface area contributed by atoms with E-state index in [9.17, 15) is 19.2 Å². The lowest BCUT2D eigenvalue weighted by atomic mass is 10.1. The lowest BCUT2D eigenvalue weighted by Gasteiger charge is -2.32. The molecule has 0 aromatic rings. The molecule has 0 spiro atoms. The van der Waals surface area contributed by atoms with Gasteiger partial charge in [-0.1, -0.05) is 81.1 Å². The van der Waals surface area contributed by atoms with Gasteiger partial charge in [0.05, 0.1) is 50.1 Å². The molecule has 0 fully saturated rings. The van der Waals surface area contributed by atoms with Crippen LogP contribution in [0.4, 0.5) is 0 Å². The van der Waals surface area contributed by atoms with Crippen molar-refractivity contribution in [1.29, 1.82) is 0 Å². The van der Waals surface area contributed by atoms with E-state index in [1.807, 2.05) is 55.4 Å². The van der Waals surface area contributed by atoms with Gasteiger partial charge < -0.3 is 28.7 Å². The van der Waals surface area contributed by atoms with Gasteiger partial charge in [0.25, 0.3) is 0 Å². The Bertz CT molecular complexity index is 669. The number of esters is 4. The fourth-order valence-corrected chi connectivity index (χ4v) is 4.48. The molecule has 4 atom stereocenters. The molecule has 0 saturated heterocycles. The topological polar surface area (TPSA) is 112 Å². The van der Waals surface area contributed by atoms with Crippen LogP contribution in [0.1, 0.15) is 107 Å². The monoisotopic (exact) mass is 628 g/mol. The Labute approximate surface area is 267 Å². The van der Waals surface area contributed by atoms with Crippen molar-refractivity contribution in [3.63, 3.8) is 0 Å². The van der Waals surface area contributed by atoms with Crippen LogP contribution in [-0.2, 0) is 38.1 Å². The molecule has 0 aromatic carbocycles. The minimum Gasteiger partial charge on any atom is -0.465 e. The van der Waals surface area contributed by atoms with E-state index in [2.05, 4.69) is 9.80 Å². The van der Waals surface area contributed by atoms with Crippen molar-refractivity contribution < 1.29 is 38.1 Å². The average molecular weight is 629 g/mol. The first-order valence-electron chi connectivity index (χ1n) is 17.1. The van der Waals surface area contributed by atoms with E-state index in [4.69, 9.17) is 18.9 Å². The summed E-state index contributed by atoms with van der Waals surface area (Å²) in [6.45, 7) is 19.8. The van der Waals surface area contributed by atoms with Crippen LogP contribution in [0.3, 0.4) is 0 Å². The molecule has 0 rings (SSSR count). The molecule has 0 aliphatic heterocycles. The van der Waals surface area contributed by atoms with E-state index in [1.165, 1.54) is 0 Å². The van der Waals surface area contributed by atoms with Crippen molar-refractivity contribution in [2.45, 2.75) is 107 Å². The van der Waals surface area contributed by atoms with Crippen molar-refractivity contribution in [2.24, 2.45) is 23.7 Å². The zero-order valence-electron chi connectivity index (χ0n) is 29.2. The van der Waals surface area contributed by atoms with Gasteiger partial charge in [0.2, 0.25) is 0 Å². The van der Waals surface area contributed by atoms with E-state index < -0.39 is 0 Å². The van der Waals surface area contributed by atoms with Crippen LogP contribution in [0.15, 0.2) is 0 Å². The van der Waals surface area contributed by atoms with Crippen molar-refractivity contribution in [3.8, 4) is 0 Å². The zero-order valence-corrected chi connectivity index (χ0v) is 29.2. The van der Waals surface area contributed by atoms with Crippen LogP contribution < -0.4 is 0 Å². The number of rotatable bonds is 27. The lowest BCUT2D eigenvalue weighted by Crippen LogP contribution is -2.45. The molecule has 0 aliphatic carbocycles. The Morgan fingerprint density at radius 2 is 0.636 bits per heavy atom. The molecule has 10 heteroatoms. The predicted octanol–water partition coefficient (Wildman–Crippen LogP) is 5.51. The van der Waals surface area contributed by atoms with Crippen molar-refractivity contribution >= 4 is 23.9 Å². The number of carbonyl (C=O) groups excluding carboxylic acids is 4. The maximum Gasteiger partial charge on any atom is 0.309 e. The molecule has 44 heavy (non-hydrogen) atoms. The van der Waals surface area contributed by atoms with Gasteiger partial charge in [-0.05, 0) is 25.7 Å². The molecule has 0 amide bonds. The first-order valence-corrected chi connectivity index (χ1v) is 17.1. The van der Waals surface area contributed by atoms with Crippen LogP contribution in [0.5, 0.6) is 0 Å². The lowest BCUT2D eigenvalue weighted by molar-refractivity contribution is -0.151. The minimum absolute atomic E-state index is 0.259. The highest BCUT2D eigenvalue weighted by Crippen LogP contribution is 2.13. The highest BCUT2D eigenvalue weighted by molar-refractivity contribution is 5.73. The summed E-state index contributed by atoms with van der Waals surface area (Å²) in [4.78, 5) is 54.9. The smallest absolute Gasteiger partial charge is 0.309 e. The van der Waals surface area contributed by atoms with Crippen LogP contribution in [0, 0.1) is 23.7 Å². The molecule has 0 N–H and O–H groups in total. The number of hydrogen-bond donors (Lipinski definition) is 0. The fraction of sp³-hybridized carbons (Fsp3) is 0.882. The normalized spacial score (nSPS) is 14.1. The third-order valence-corrected chi connectivity index (χ3v) is 7.44. The van der Waals surface area contributed by atoms with E-state index >= 15 is 0 Å². The minimum atomic E-state index is -0.386. The van der Waals surface area contributed by atoms with Gasteiger partial charge in [-0.25, -0.2) is 0 Å². The fourth-order valence-electron chi connectivity index (χ4n) is 4.48. The summed E-state index contributed by atoms with van der Waals surface area (Å²) in [6.07, 6.45) is 7.03. The van der Waals surface area contributed by atoms with Crippen molar-refractivity contribution in [3.05, 3.63) is 0 Å². The molecule has 0 bridgehead atoms. The van der Waals surface area contributed by atoms with Gasteiger partial charge in [-0.15, -0.1) is 0 Å². The first kappa shape index (κ1) is 41.8. The molecular weight excluding hydrogens is 564 g/mol. The van der Waals surface area contributed by atoms with Gasteiger partial charge in [-0.2, -0.15) is 0 Å². The molecule has 0 saturated carbocycles. The molecule has 0 aliphatic rings. The van der Waals surface area contributed by atoms with Crippen molar-refractivity contribution in [1.82, 2.24) is 9.80 Å². The van der Waals surface area contributed by atoms with E-state index in [-0.39, 0.29) is 47.5 Å². The maximum atomic E-state index is 12.7. The Kier molecular flexibility index (Phi) is 24.8. The van der Waals surface area contributed by atoms with Crippen LogP contribution in [0.25, 0.3) is 0 Å². The molecule has 4 unspecified atom stereocenters. The van der Waals surface area contributed by atoms with Gasteiger partial charge in [0, 0.05) is 39.3 Å². The Morgan fingerprint density at radius 3 is 0.818 bits per heavy atom. The Balaban J connectivity index is 5.69. The Hall–Kier alpha value is -2.20. The second-order valence-corrected chi connectivity index (χ2v) is 12.2. The molecule has 258 valence electrons. The Morgan fingerprint density at radius 1 is 0.432 bits per heavy atom. The van der Waals surface area contributed by atoms with Crippen molar-refractivity contribution in [2.75, 3.05) is 65.7 Å². The van der Waals surface area contributed by atoms with E-state index in [0.29, 0.717) is 65.7 Å². The number of nitrogens with zero attached hydrogens (tertiary/aromatic N) is 2. The number of unbranched alkanes of at least 4 members (excludes halogenated alkanes) is 4. The first-order chi connectivity index (χ1) is 21.0. The summed E-state index contributed by atoms with van der Waals surface area (Å²) >= 11 is 0. The summed E-state index contributed by atoms with van der Waals surface area (Å²) in [7, 11) is 0. The molecule has 0 aromatic heterocycles. The van der Waals surface area contributed by atoms with Gasteiger partial charge in [0.15, 0.2) is 0 Å². The molecule has 0 heterocycles. The second-order valence-electron chi connectivity index (χ2n) is 12.2. The van der Waals surface area contributed by atoms with Crippen LogP contribution in [-0.4, -0.2) is 99.4 Å². The maximum absolute atomic E-state index is 12.7. The molecular formula is C34H64N2O8. The second kappa shape index (κ2) is 26.1. The highest BCUT2D eigenvalue weighted by Gasteiger charge is 2.27. The van der Waals surface area contributed by atoms with E-state index in [0.717, 1.165) is 51.4 Å². The third-order valence-electron chi connectivity index (χ3n) is 7.44. The number of carbonyl (C=O) groups is 4. The van der Waals surface area contributed by atoms with E-state index in [1.54, 1.807) is 0 Å². The van der Waals surface area contributed by atoms with Gasteiger partial charge in [-0.3, -0.25) is 19.2 Å². The summed E-state index contributed by atoms with van der Waals surface area (Å²) in [5.74, 6) is -2.58. The number of hydrogen-bond acceptors (Lipinski definition) is 10.